The summed E-state index contributed by atoms with van der Waals surface area (Å²) in [4.78, 5) is 1.73. The maximum Gasteiger partial charge on any atom is 4.00 e. The molecular weight excluding hydrogens is 414 g/mol. The molecular formula is C20H45NO7Ti. The Morgan fingerprint density at radius 3 is 1.45 bits per heavy atom. The Morgan fingerprint density at radius 1 is 0.862 bits per heavy atom. The largest absolute Gasteiger partial charge is 4.00 e. The van der Waals surface area contributed by atoms with Gasteiger partial charge in [-0.3, -0.25) is 5.92 Å². The topological polar surface area (TPSA) is 153 Å². The van der Waals surface area contributed by atoms with Gasteiger partial charge in [0.2, 0.25) is 0 Å². The van der Waals surface area contributed by atoms with E-state index in [4.69, 9.17) is 15.3 Å². The van der Waals surface area contributed by atoms with Crippen LogP contribution in [0.3, 0.4) is 0 Å². The fourth-order valence-corrected chi connectivity index (χ4v) is 1.68. The summed E-state index contributed by atoms with van der Waals surface area (Å²) >= 11 is 0. The van der Waals surface area contributed by atoms with Crippen LogP contribution >= 0.6 is 0 Å². The Morgan fingerprint density at radius 2 is 1.24 bits per heavy atom. The molecule has 0 heterocycles. The number of aliphatic hydroxyl groups is 4. The van der Waals surface area contributed by atoms with Crippen molar-refractivity contribution in [2.24, 2.45) is 0 Å². The van der Waals surface area contributed by atoms with E-state index in [0.717, 1.165) is 25.2 Å². The number of rotatable bonds is 11. The summed E-state index contributed by atoms with van der Waals surface area (Å²) in [5, 5.41) is 64.1. The molecule has 1 unspecified atom stereocenters. The molecule has 0 aliphatic heterocycles. The molecule has 0 aliphatic carbocycles. The van der Waals surface area contributed by atoms with E-state index in [1.54, 1.807) is 32.6 Å². The first-order chi connectivity index (χ1) is 13.1. The van der Waals surface area contributed by atoms with E-state index >= 15 is 0 Å². The number of hydrogen-bond acceptors (Lipinski definition) is 8. The van der Waals surface area contributed by atoms with Crippen molar-refractivity contribution < 1.29 is 57.5 Å². The number of nitrogens with zero attached hydrogens (tertiary/aromatic N) is 1. The van der Waals surface area contributed by atoms with Crippen molar-refractivity contribution in [3.05, 3.63) is 5.92 Å². The van der Waals surface area contributed by atoms with Crippen LogP contribution in [-0.4, -0.2) is 89.7 Å². The Labute approximate surface area is 193 Å². The molecule has 0 saturated carbocycles. The summed E-state index contributed by atoms with van der Waals surface area (Å²) < 4.78 is 0. The van der Waals surface area contributed by atoms with Crippen molar-refractivity contribution in [1.82, 2.24) is 4.90 Å². The molecule has 0 fully saturated rings. The molecule has 4 N–H and O–H groups in total. The molecule has 0 aliphatic rings. The van der Waals surface area contributed by atoms with Crippen molar-refractivity contribution in [3.63, 3.8) is 0 Å². The molecule has 0 rings (SSSR count). The van der Waals surface area contributed by atoms with Crippen molar-refractivity contribution >= 4 is 0 Å². The van der Waals surface area contributed by atoms with Crippen LogP contribution in [0, 0.1) is 5.92 Å². The van der Waals surface area contributed by atoms with Gasteiger partial charge in [0.05, 0.1) is 13.2 Å². The van der Waals surface area contributed by atoms with Crippen molar-refractivity contribution in [2.45, 2.75) is 79.1 Å². The van der Waals surface area contributed by atoms with Crippen molar-refractivity contribution in [1.29, 1.82) is 0 Å². The predicted octanol–water partition coefficient (Wildman–Crippen LogP) is -1.73. The van der Waals surface area contributed by atoms with Crippen LogP contribution in [0.2, 0.25) is 0 Å². The molecule has 9 heteroatoms. The van der Waals surface area contributed by atoms with E-state index in [2.05, 4.69) is 0 Å². The summed E-state index contributed by atoms with van der Waals surface area (Å²) in [6.45, 7) is 11.7. The third kappa shape index (κ3) is 47.6. The maximum atomic E-state index is 10.1. The summed E-state index contributed by atoms with van der Waals surface area (Å²) in [5.41, 5.74) is 0. The van der Waals surface area contributed by atoms with Crippen molar-refractivity contribution in [2.75, 3.05) is 46.1 Å². The Hall–Kier alpha value is 0.394. The van der Waals surface area contributed by atoms with Crippen LogP contribution in [0.25, 0.3) is 0 Å². The first-order valence-electron chi connectivity index (χ1n) is 10.0. The third-order valence-electron chi connectivity index (χ3n) is 2.93. The molecule has 1 atom stereocenters. The summed E-state index contributed by atoms with van der Waals surface area (Å²) in [5.74, 6) is 0.849. The molecule has 0 aromatic rings. The molecule has 176 valence electrons. The predicted molar refractivity (Wildman–Crippen MR) is 107 cm³/mol. The van der Waals surface area contributed by atoms with Crippen LogP contribution in [0.1, 0.15) is 60.8 Å². The van der Waals surface area contributed by atoms with Gasteiger partial charge < -0.3 is 40.6 Å². The minimum absolute atomic E-state index is 0. The van der Waals surface area contributed by atoms with Gasteiger partial charge >= 0.3 is 21.7 Å². The normalized spacial score (nSPS) is 11.1. The van der Waals surface area contributed by atoms with Crippen LogP contribution in [0.5, 0.6) is 0 Å². The Bertz CT molecular complexity index is 227. The number of aliphatic hydroxyl groups excluding tert-OH is 4. The van der Waals surface area contributed by atoms with Gasteiger partial charge in [0.1, 0.15) is 0 Å². The smallest absolute Gasteiger partial charge is 0.854 e. The second kappa shape index (κ2) is 33.0. The van der Waals surface area contributed by atoms with Gasteiger partial charge in [0, 0.05) is 13.1 Å². The van der Waals surface area contributed by atoms with E-state index < -0.39 is 12.2 Å². The van der Waals surface area contributed by atoms with Gasteiger partial charge in [0.15, 0.2) is 0 Å². The van der Waals surface area contributed by atoms with E-state index in [0.29, 0.717) is 19.6 Å². The van der Waals surface area contributed by atoms with Gasteiger partial charge in [-0.1, -0.05) is 67.1 Å². The zero-order valence-corrected chi connectivity index (χ0v) is 20.8. The SMILES string of the molecule is CC(C)[O-].CC(C)[O-].CCCC(O)[C-](CC)CO.[O-]CCN(CCO)CCO.[Ti+4]. The van der Waals surface area contributed by atoms with Gasteiger partial charge in [0.25, 0.3) is 0 Å². The fourth-order valence-electron chi connectivity index (χ4n) is 1.68. The molecule has 0 bridgehead atoms. The Balaban J connectivity index is -0.0000000950. The molecule has 0 aromatic heterocycles. The van der Waals surface area contributed by atoms with Crippen LogP contribution < -0.4 is 15.3 Å². The Kier molecular flexibility index (Phi) is 45.4. The fraction of sp³-hybridized carbons (Fsp3) is 0.950. The van der Waals surface area contributed by atoms with Gasteiger partial charge in [-0.05, 0) is 6.54 Å². The zero-order valence-electron chi connectivity index (χ0n) is 19.3. The molecule has 8 nitrogen and oxygen atoms in total. The van der Waals surface area contributed by atoms with E-state index in [1.807, 2.05) is 13.8 Å². The summed E-state index contributed by atoms with van der Waals surface area (Å²) in [6, 6.07) is 0. The van der Waals surface area contributed by atoms with Crippen molar-refractivity contribution in [3.8, 4) is 0 Å². The average molecular weight is 459 g/mol. The minimum atomic E-state index is -0.417. The van der Waals surface area contributed by atoms with Gasteiger partial charge in [-0.15, -0.1) is 18.8 Å². The van der Waals surface area contributed by atoms with Crippen LogP contribution in [-0.2, 0) is 21.7 Å². The third-order valence-corrected chi connectivity index (χ3v) is 2.93. The van der Waals surface area contributed by atoms with E-state index in [9.17, 15) is 20.4 Å². The zero-order chi connectivity index (χ0) is 23.0. The van der Waals surface area contributed by atoms with Gasteiger partial charge in [-0.2, -0.15) is 6.42 Å². The summed E-state index contributed by atoms with van der Waals surface area (Å²) in [6.07, 6.45) is 1.28. The van der Waals surface area contributed by atoms with Crippen LogP contribution in [0.4, 0.5) is 0 Å². The standard InChI is InChI=1S/C8H17O2.C6H14NO3.2C3H7O.Ti/c1-3-5-8(10)7(4-2)6-9;8-4-1-7(2-5-9)3-6-10;2*1-3(2)4;/h8-10H,3-6H2,1-2H3;8-9H,1-6H2;2*3H,1-2H3;/q4*-1;+4. The average Bonchev–Trinajstić information content (AvgIpc) is 2.56. The first kappa shape index (κ1) is 39.8. The summed E-state index contributed by atoms with van der Waals surface area (Å²) in [7, 11) is 0. The molecule has 0 radical (unpaired) electrons. The molecule has 0 spiro atoms. The molecule has 0 saturated heterocycles. The monoisotopic (exact) mass is 459 g/mol. The second-order valence-electron chi connectivity index (χ2n) is 6.56. The molecule has 29 heavy (non-hydrogen) atoms. The minimum Gasteiger partial charge on any atom is -0.854 e. The number of hydrogen-bond donors (Lipinski definition) is 4. The quantitative estimate of drug-likeness (QED) is 0.210. The van der Waals surface area contributed by atoms with Gasteiger partial charge in [-0.25, -0.2) is 0 Å². The maximum absolute atomic E-state index is 10.1. The van der Waals surface area contributed by atoms with Crippen LogP contribution in [0.15, 0.2) is 0 Å². The van der Waals surface area contributed by atoms with E-state index in [1.165, 1.54) is 0 Å². The van der Waals surface area contributed by atoms with E-state index in [-0.39, 0.29) is 54.2 Å². The molecule has 0 amide bonds. The first-order valence-corrected chi connectivity index (χ1v) is 10.0. The molecule has 0 aromatic carbocycles. The second-order valence-corrected chi connectivity index (χ2v) is 6.56.